The summed E-state index contributed by atoms with van der Waals surface area (Å²) in [6, 6.07) is 12.0. The zero-order valence-corrected chi connectivity index (χ0v) is 15.5. The Bertz CT molecular complexity index is 881. The number of alkyl halides is 3. The molecule has 0 radical (unpaired) electrons. The first kappa shape index (κ1) is 20.1. The van der Waals surface area contributed by atoms with Gasteiger partial charge < -0.3 is 9.84 Å². The molecule has 0 atom stereocenters. The number of benzene rings is 2. The molecule has 0 aliphatic carbocycles. The van der Waals surface area contributed by atoms with Crippen molar-refractivity contribution < 1.29 is 27.8 Å². The monoisotopic (exact) mass is 406 g/mol. The van der Waals surface area contributed by atoms with Crippen molar-refractivity contribution >= 4 is 23.3 Å². The standard InChI is InChI=1S/C21H17F3O3S/c22-21(23,24)16-8-4-14(5-9-16)19(2-1-3-20(25)26)15-6-10-17(11-7-15)27-18-12-28-13-18/h1-11,18H,12-13H2,(H,25,26)/b3-1+,19-2-. The number of hydrogen-bond donors (Lipinski definition) is 1. The molecular formula is C21H17F3O3S. The van der Waals surface area contributed by atoms with E-state index < -0.39 is 17.7 Å². The average Bonchev–Trinajstić information content (AvgIpc) is 2.62. The smallest absolute Gasteiger partial charge is 0.416 e. The van der Waals surface area contributed by atoms with Gasteiger partial charge in [-0.25, -0.2) is 4.79 Å². The molecule has 1 heterocycles. The normalized spacial score (nSPS) is 15.5. The van der Waals surface area contributed by atoms with Gasteiger partial charge in [0.1, 0.15) is 11.9 Å². The van der Waals surface area contributed by atoms with E-state index in [2.05, 4.69) is 0 Å². The molecule has 0 unspecified atom stereocenters. The van der Waals surface area contributed by atoms with E-state index >= 15 is 0 Å². The van der Waals surface area contributed by atoms with Gasteiger partial charge >= 0.3 is 12.1 Å². The summed E-state index contributed by atoms with van der Waals surface area (Å²) in [5, 5.41) is 8.78. The number of aliphatic carboxylic acids is 1. The summed E-state index contributed by atoms with van der Waals surface area (Å²) >= 11 is 1.81. The van der Waals surface area contributed by atoms with Crippen LogP contribution in [0.25, 0.3) is 5.57 Å². The van der Waals surface area contributed by atoms with E-state index in [1.54, 1.807) is 30.3 Å². The summed E-state index contributed by atoms with van der Waals surface area (Å²) < 4.78 is 44.2. The highest BCUT2D eigenvalue weighted by Crippen LogP contribution is 2.32. The van der Waals surface area contributed by atoms with Crippen LogP contribution in [-0.4, -0.2) is 28.7 Å². The van der Waals surface area contributed by atoms with Crippen molar-refractivity contribution in [3.05, 3.63) is 83.4 Å². The van der Waals surface area contributed by atoms with Gasteiger partial charge in [0.2, 0.25) is 0 Å². The molecule has 3 nitrogen and oxygen atoms in total. The quantitative estimate of drug-likeness (QED) is 0.524. The highest BCUT2D eigenvalue weighted by atomic mass is 32.2. The van der Waals surface area contributed by atoms with Crippen molar-refractivity contribution in [2.75, 3.05) is 11.5 Å². The lowest BCUT2D eigenvalue weighted by Gasteiger charge is -2.25. The summed E-state index contributed by atoms with van der Waals surface area (Å²) in [5.41, 5.74) is 1.16. The molecule has 28 heavy (non-hydrogen) atoms. The topological polar surface area (TPSA) is 46.5 Å². The highest BCUT2D eigenvalue weighted by Gasteiger charge is 2.30. The second-order valence-electron chi connectivity index (χ2n) is 6.15. The molecule has 0 saturated carbocycles. The van der Waals surface area contributed by atoms with Crippen LogP contribution in [0.1, 0.15) is 16.7 Å². The number of thioether (sulfide) groups is 1. The van der Waals surface area contributed by atoms with Crippen LogP contribution in [0.5, 0.6) is 5.75 Å². The Morgan fingerprint density at radius 1 is 1.04 bits per heavy atom. The molecule has 2 aromatic carbocycles. The maximum absolute atomic E-state index is 12.8. The summed E-state index contributed by atoms with van der Waals surface area (Å²) in [5.74, 6) is 1.53. The predicted octanol–water partition coefficient (Wildman–Crippen LogP) is 5.27. The molecule has 1 aliphatic rings. The minimum atomic E-state index is -4.41. The van der Waals surface area contributed by atoms with Crippen molar-refractivity contribution in [3.8, 4) is 5.75 Å². The molecule has 3 rings (SSSR count). The Kier molecular flexibility index (Phi) is 6.14. The molecule has 0 spiro atoms. The van der Waals surface area contributed by atoms with Gasteiger partial charge in [-0.2, -0.15) is 24.9 Å². The molecule has 0 aromatic heterocycles. The molecule has 1 fully saturated rings. The maximum atomic E-state index is 12.8. The second kappa shape index (κ2) is 8.56. The lowest BCUT2D eigenvalue weighted by atomic mass is 9.96. The van der Waals surface area contributed by atoms with Crippen LogP contribution in [0.2, 0.25) is 0 Å². The van der Waals surface area contributed by atoms with E-state index in [4.69, 9.17) is 9.84 Å². The lowest BCUT2D eigenvalue weighted by molar-refractivity contribution is -0.137. The fourth-order valence-electron chi connectivity index (χ4n) is 2.61. The molecule has 1 aliphatic heterocycles. The number of carboxylic acid groups (broad SMARTS) is 1. The number of carbonyl (C=O) groups is 1. The van der Waals surface area contributed by atoms with Gasteiger partial charge in [0.15, 0.2) is 0 Å². The van der Waals surface area contributed by atoms with Crippen molar-refractivity contribution in [1.82, 2.24) is 0 Å². The zero-order valence-electron chi connectivity index (χ0n) is 14.6. The van der Waals surface area contributed by atoms with Crippen LogP contribution < -0.4 is 4.74 Å². The Morgan fingerprint density at radius 3 is 2.07 bits per heavy atom. The Morgan fingerprint density at radius 2 is 1.61 bits per heavy atom. The predicted molar refractivity (Wildman–Crippen MR) is 103 cm³/mol. The lowest BCUT2D eigenvalue weighted by Crippen LogP contribution is -2.30. The summed E-state index contributed by atoms with van der Waals surface area (Å²) in [7, 11) is 0. The Labute approximate surface area is 164 Å². The third-order valence-electron chi connectivity index (χ3n) is 4.10. The van der Waals surface area contributed by atoms with Gasteiger partial charge in [0.25, 0.3) is 0 Å². The number of hydrogen-bond acceptors (Lipinski definition) is 3. The van der Waals surface area contributed by atoms with Gasteiger partial charge in [-0.05, 0) is 41.0 Å². The van der Waals surface area contributed by atoms with Crippen LogP contribution in [0.3, 0.4) is 0 Å². The number of allylic oxidation sites excluding steroid dienone is 2. The van der Waals surface area contributed by atoms with Crippen molar-refractivity contribution in [1.29, 1.82) is 0 Å². The first-order chi connectivity index (χ1) is 13.3. The third-order valence-corrected chi connectivity index (χ3v) is 5.32. The minimum absolute atomic E-state index is 0.208. The molecule has 1 N–H and O–H groups in total. The molecule has 1 saturated heterocycles. The Balaban J connectivity index is 1.89. The first-order valence-corrected chi connectivity index (χ1v) is 9.62. The van der Waals surface area contributed by atoms with Crippen LogP contribution in [0, 0.1) is 0 Å². The van der Waals surface area contributed by atoms with Gasteiger partial charge in [-0.3, -0.25) is 0 Å². The van der Waals surface area contributed by atoms with Gasteiger partial charge in [0.05, 0.1) is 5.56 Å². The van der Waals surface area contributed by atoms with Crippen LogP contribution >= 0.6 is 11.8 Å². The van der Waals surface area contributed by atoms with E-state index in [1.165, 1.54) is 18.2 Å². The number of halogens is 3. The number of ether oxygens (including phenoxy) is 1. The van der Waals surface area contributed by atoms with Crippen LogP contribution in [0.4, 0.5) is 13.2 Å². The molecule has 7 heteroatoms. The molecule has 2 aromatic rings. The van der Waals surface area contributed by atoms with Crippen molar-refractivity contribution in [3.63, 3.8) is 0 Å². The fourth-order valence-corrected chi connectivity index (χ4v) is 3.18. The second-order valence-corrected chi connectivity index (χ2v) is 7.23. The molecular weight excluding hydrogens is 389 g/mol. The van der Waals surface area contributed by atoms with E-state index in [0.29, 0.717) is 11.1 Å². The largest absolute Gasteiger partial charge is 0.489 e. The van der Waals surface area contributed by atoms with E-state index in [-0.39, 0.29) is 6.10 Å². The van der Waals surface area contributed by atoms with Gasteiger partial charge in [-0.1, -0.05) is 36.4 Å². The SMILES string of the molecule is O=C(O)/C=C/C=C(\c1ccc(OC2CSC2)cc1)c1ccc(C(F)(F)F)cc1. The molecule has 0 amide bonds. The first-order valence-electron chi connectivity index (χ1n) is 8.47. The fraction of sp³-hybridized carbons (Fsp3) is 0.190. The zero-order chi connectivity index (χ0) is 20.1. The van der Waals surface area contributed by atoms with Gasteiger partial charge in [0, 0.05) is 17.6 Å². The summed E-state index contributed by atoms with van der Waals surface area (Å²) in [6.45, 7) is 0. The third kappa shape index (κ3) is 5.19. The average molecular weight is 406 g/mol. The summed E-state index contributed by atoms with van der Waals surface area (Å²) in [4.78, 5) is 10.7. The molecule has 146 valence electrons. The van der Waals surface area contributed by atoms with E-state index in [0.717, 1.165) is 41.0 Å². The van der Waals surface area contributed by atoms with E-state index in [9.17, 15) is 18.0 Å². The number of rotatable bonds is 6. The van der Waals surface area contributed by atoms with Crippen LogP contribution in [0.15, 0.2) is 66.8 Å². The van der Waals surface area contributed by atoms with Crippen molar-refractivity contribution in [2.45, 2.75) is 12.3 Å². The van der Waals surface area contributed by atoms with E-state index in [1.807, 2.05) is 11.8 Å². The van der Waals surface area contributed by atoms with Crippen LogP contribution in [-0.2, 0) is 11.0 Å². The summed E-state index contributed by atoms with van der Waals surface area (Å²) in [6.07, 6.45) is -0.319. The number of carboxylic acids is 1. The maximum Gasteiger partial charge on any atom is 0.416 e. The van der Waals surface area contributed by atoms with Crippen molar-refractivity contribution in [2.24, 2.45) is 0 Å². The Hall–Kier alpha value is -2.67. The highest BCUT2D eigenvalue weighted by molar-refractivity contribution is 8.00. The minimum Gasteiger partial charge on any atom is -0.489 e. The van der Waals surface area contributed by atoms with Gasteiger partial charge in [-0.15, -0.1) is 0 Å². The molecule has 0 bridgehead atoms.